The van der Waals surface area contributed by atoms with Gasteiger partial charge >= 0.3 is 0 Å². The highest BCUT2D eigenvalue weighted by Crippen LogP contribution is 2.12. The van der Waals surface area contributed by atoms with Gasteiger partial charge in [0.1, 0.15) is 11.6 Å². The average molecular weight is 315 g/mol. The number of hydrogen-bond acceptors (Lipinski definition) is 3. The van der Waals surface area contributed by atoms with Crippen LogP contribution in [0.25, 0.3) is 0 Å². The van der Waals surface area contributed by atoms with E-state index in [1.54, 1.807) is 7.11 Å². The van der Waals surface area contributed by atoms with Crippen molar-refractivity contribution in [2.75, 3.05) is 13.7 Å². The molecule has 23 heavy (non-hydrogen) atoms. The molecule has 0 aliphatic carbocycles. The van der Waals surface area contributed by atoms with Gasteiger partial charge in [-0.2, -0.15) is 0 Å². The largest absolute Gasteiger partial charge is 0.497 e. The maximum absolute atomic E-state index is 12.0. The van der Waals surface area contributed by atoms with Gasteiger partial charge in [0.05, 0.1) is 13.5 Å². The molecule has 0 bridgehead atoms. The molecule has 0 saturated carbocycles. The lowest BCUT2D eigenvalue weighted by molar-refractivity contribution is -0.120. The molecule has 0 spiro atoms. The predicted octanol–water partition coefficient (Wildman–Crippen LogP) is 2.51. The van der Waals surface area contributed by atoms with Gasteiger partial charge in [-0.05, 0) is 31.0 Å². The molecule has 0 aliphatic heterocycles. The molecule has 0 unspecified atom stereocenters. The molecule has 0 aliphatic rings. The standard InChI is InChI=1S/C18H25N3O2/c1-4-10-21-14(2)13-20-17(21)8-9-19-18(22)12-15-6-5-7-16(11-15)23-3/h5-7,11,13H,4,8-10,12H2,1-3H3,(H,19,22). The van der Waals surface area contributed by atoms with E-state index in [4.69, 9.17) is 4.74 Å². The summed E-state index contributed by atoms with van der Waals surface area (Å²) in [6.07, 6.45) is 4.08. The van der Waals surface area contributed by atoms with Crippen LogP contribution in [0.4, 0.5) is 0 Å². The van der Waals surface area contributed by atoms with Crippen LogP contribution in [0.5, 0.6) is 5.75 Å². The molecule has 2 rings (SSSR count). The Morgan fingerprint density at radius 1 is 1.39 bits per heavy atom. The van der Waals surface area contributed by atoms with E-state index >= 15 is 0 Å². The molecule has 5 nitrogen and oxygen atoms in total. The van der Waals surface area contributed by atoms with Gasteiger partial charge < -0.3 is 14.6 Å². The topological polar surface area (TPSA) is 56.2 Å². The Morgan fingerprint density at radius 2 is 2.22 bits per heavy atom. The fraction of sp³-hybridized carbons (Fsp3) is 0.444. The summed E-state index contributed by atoms with van der Waals surface area (Å²) in [6, 6.07) is 7.58. The molecule has 1 heterocycles. The summed E-state index contributed by atoms with van der Waals surface area (Å²) in [5.74, 6) is 1.82. The fourth-order valence-electron chi connectivity index (χ4n) is 2.58. The molecule has 0 saturated heterocycles. The SMILES string of the molecule is CCCn1c(C)cnc1CCNC(=O)Cc1cccc(OC)c1. The Labute approximate surface area is 137 Å². The molecule has 2 aromatic rings. The molecule has 1 N–H and O–H groups in total. The third-order valence-electron chi connectivity index (χ3n) is 3.75. The molecule has 1 aromatic carbocycles. The first-order valence-corrected chi connectivity index (χ1v) is 8.04. The number of benzene rings is 1. The van der Waals surface area contributed by atoms with Crippen molar-refractivity contribution in [3.8, 4) is 5.75 Å². The van der Waals surface area contributed by atoms with Crippen LogP contribution in [0.3, 0.4) is 0 Å². The number of carbonyl (C=O) groups is 1. The van der Waals surface area contributed by atoms with Crippen molar-refractivity contribution in [1.29, 1.82) is 0 Å². The van der Waals surface area contributed by atoms with Crippen LogP contribution in [-0.4, -0.2) is 29.1 Å². The minimum Gasteiger partial charge on any atom is -0.497 e. The first-order valence-electron chi connectivity index (χ1n) is 8.04. The monoisotopic (exact) mass is 315 g/mol. The third-order valence-corrected chi connectivity index (χ3v) is 3.75. The molecule has 124 valence electrons. The third kappa shape index (κ3) is 4.84. The fourth-order valence-corrected chi connectivity index (χ4v) is 2.58. The smallest absolute Gasteiger partial charge is 0.224 e. The second-order valence-corrected chi connectivity index (χ2v) is 5.60. The maximum Gasteiger partial charge on any atom is 0.224 e. The summed E-state index contributed by atoms with van der Waals surface area (Å²) in [7, 11) is 1.62. The Kier molecular flexibility index (Phi) is 6.20. The summed E-state index contributed by atoms with van der Waals surface area (Å²) >= 11 is 0. The number of hydrogen-bond donors (Lipinski definition) is 1. The van der Waals surface area contributed by atoms with Crippen molar-refractivity contribution >= 4 is 5.91 Å². The first kappa shape index (κ1) is 17.1. The molecule has 5 heteroatoms. The van der Waals surface area contributed by atoms with Crippen molar-refractivity contribution in [3.63, 3.8) is 0 Å². The Morgan fingerprint density at radius 3 is 2.96 bits per heavy atom. The van der Waals surface area contributed by atoms with E-state index in [2.05, 4.69) is 28.7 Å². The van der Waals surface area contributed by atoms with Crippen LogP contribution in [0, 0.1) is 6.92 Å². The zero-order valence-corrected chi connectivity index (χ0v) is 14.1. The molecule has 0 fully saturated rings. The zero-order chi connectivity index (χ0) is 16.7. The van der Waals surface area contributed by atoms with Gasteiger partial charge in [0.25, 0.3) is 0 Å². The van der Waals surface area contributed by atoms with Gasteiger partial charge in [-0.3, -0.25) is 4.79 Å². The number of nitrogens with one attached hydrogen (secondary N) is 1. The van der Waals surface area contributed by atoms with Crippen molar-refractivity contribution < 1.29 is 9.53 Å². The van der Waals surface area contributed by atoms with Gasteiger partial charge in [-0.25, -0.2) is 4.98 Å². The highest BCUT2D eigenvalue weighted by Gasteiger charge is 2.08. The normalized spacial score (nSPS) is 10.6. The number of rotatable bonds is 8. The van der Waals surface area contributed by atoms with Gasteiger partial charge in [0, 0.05) is 31.4 Å². The first-order chi connectivity index (χ1) is 11.1. The van der Waals surface area contributed by atoms with Gasteiger partial charge in [-0.1, -0.05) is 19.1 Å². The van der Waals surface area contributed by atoms with Crippen LogP contribution < -0.4 is 10.1 Å². The molecule has 1 aromatic heterocycles. The Bertz CT molecular complexity index is 649. The second kappa shape index (κ2) is 8.36. The summed E-state index contributed by atoms with van der Waals surface area (Å²) in [5.41, 5.74) is 2.12. The quantitative estimate of drug-likeness (QED) is 0.814. The van der Waals surface area contributed by atoms with Crippen molar-refractivity contribution in [1.82, 2.24) is 14.9 Å². The van der Waals surface area contributed by atoms with Crippen LogP contribution in [0.2, 0.25) is 0 Å². The van der Waals surface area contributed by atoms with E-state index in [1.807, 2.05) is 30.5 Å². The van der Waals surface area contributed by atoms with Gasteiger partial charge in [-0.15, -0.1) is 0 Å². The van der Waals surface area contributed by atoms with Crippen molar-refractivity contribution in [2.24, 2.45) is 0 Å². The molecular weight excluding hydrogens is 290 g/mol. The van der Waals surface area contributed by atoms with Gasteiger partial charge in [0.15, 0.2) is 0 Å². The van der Waals surface area contributed by atoms with E-state index in [0.29, 0.717) is 13.0 Å². The van der Waals surface area contributed by atoms with Crippen LogP contribution in [0.1, 0.15) is 30.4 Å². The molecule has 1 amide bonds. The maximum atomic E-state index is 12.0. The number of methoxy groups -OCH3 is 1. The van der Waals surface area contributed by atoms with Crippen LogP contribution >= 0.6 is 0 Å². The number of imidazole rings is 1. The summed E-state index contributed by atoms with van der Waals surface area (Å²) in [5, 5.41) is 2.96. The van der Waals surface area contributed by atoms with Gasteiger partial charge in [0.2, 0.25) is 5.91 Å². The number of aryl methyl sites for hydroxylation is 1. The number of aromatic nitrogens is 2. The number of nitrogens with zero attached hydrogens (tertiary/aromatic N) is 2. The zero-order valence-electron chi connectivity index (χ0n) is 14.1. The highest BCUT2D eigenvalue weighted by molar-refractivity contribution is 5.78. The van der Waals surface area contributed by atoms with E-state index in [-0.39, 0.29) is 5.91 Å². The number of carbonyl (C=O) groups excluding carboxylic acids is 1. The van der Waals surface area contributed by atoms with E-state index < -0.39 is 0 Å². The van der Waals surface area contributed by atoms with E-state index in [9.17, 15) is 4.79 Å². The van der Waals surface area contributed by atoms with Crippen LogP contribution in [-0.2, 0) is 24.2 Å². The molecule has 0 atom stereocenters. The lowest BCUT2D eigenvalue weighted by Crippen LogP contribution is -2.28. The Hall–Kier alpha value is -2.30. The lowest BCUT2D eigenvalue weighted by Gasteiger charge is -2.10. The summed E-state index contributed by atoms with van der Waals surface area (Å²) in [6.45, 7) is 5.79. The highest BCUT2D eigenvalue weighted by atomic mass is 16.5. The Balaban J connectivity index is 1.83. The predicted molar refractivity (Wildman–Crippen MR) is 90.7 cm³/mol. The van der Waals surface area contributed by atoms with E-state index in [1.165, 1.54) is 5.69 Å². The average Bonchev–Trinajstić information content (AvgIpc) is 2.89. The summed E-state index contributed by atoms with van der Waals surface area (Å²) < 4.78 is 7.39. The van der Waals surface area contributed by atoms with E-state index in [0.717, 1.165) is 36.5 Å². The minimum atomic E-state index is 0.0172. The second-order valence-electron chi connectivity index (χ2n) is 5.60. The van der Waals surface area contributed by atoms with Crippen LogP contribution in [0.15, 0.2) is 30.5 Å². The molecular formula is C18H25N3O2. The van der Waals surface area contributed by atoms with Crippen molar-refractivity contribution in [2.45, 2.75) is 39.7 Å². The molecule has 0 radical (unpaired) electrons. The minimum absolute atomic E-state index is 0.0172. The number of ether oxygens (including phenoxy) is 1. The summed E-state index contributed by atoms with van der Waals surface area (Å²) in [4.78, 5) is 16.5. The number of amides is 1. The lowest BCUT2D eigenvalue weighted by atomic mass is 10.1. The van der Waals surface area contributed by atoms with Crippen molar-refractivity contribution in [3.05, 3.63) is 47.5 Å².